The fourth-order valence-electron chi connectivity index (χ4n) is 2.05. The number of aromatic nitrogens is 2. The molecular weight excluding hydrogens is 321 g/mol. The Labute approximate surface area is 122 Å². The number of hydrogen-bond donors (Lipinski definition) is 3. The number of H-pyrrole nitrogens is 1. The highest BCUT2D eigenvalue weighted by Crippen LogP contribution is 2.38. The van der Waals surface area contributed by atoms with Crippen LogP contribution in [0.4, 0.5) is 0 Å². The van der Waals surface area contributed by atoms with E-state index in [0.717, 1.165) is 10.6 Å². The number of phosphoric ester groups is 1. The Morgan fingerprint density at radius 3 is 2.91 bits per heavy atom. The van der Waals surface area contributed by atoms with Crippen LogP contribution in [0.15, 0.2) is 27.0 Å². The van der Waals surface area contributed by atoms with Crippen LogP contribution in [0.3, 0.4) is 0 Å². The summed E-state index contributed by atoms with van der Waals surface area (Å²) in [5.41, 5.74) is 7.22. The zero-order chi connectivity index (χ0) is 16.3. The van der Waals surface area contributed by atoms with Gasteiger partial charge >= 0.3 is 13.5 Å². The van der Waals surface area contributed by atoms with E-state index in [0.29, 0.717) is 0 Å². The van der Waals surface area contributed by atoms with E-state index in [-0.39, 0.29) is 6.42 Å². The van der Waals surface area contributed by atoms with Crippen LogP contribution in [0.2, 0.25) is 0 Å². The zero-order valence-electron chi connectivity index (χ0n) is 11.0. The molecule has 120 valence electrons. The molecule has 2 rings (SSSR count). The molecule has 1 aromatic heterocycles. The minimum absolute atomic E-state index is 0.0885. The molecule has 22 heavy (non-hydrogen) atoms. The smallest absolute Gasteiger partial charge is 0.352 e. The van der Waals surface area contributed by atoms with Crippen LogP contribution >= 0.6 is 7.82 Å². The number of azide groups is 1. The fourth-order valence-corrected chi connectivity index (χ4v) is 2.39. The van der Waals surface area contributed by atoms with E-state index in [1.807, 2.05) is 4.98 Å². The van der Waals surface area contributed by atoms with E-state index < -0.39 is 44.1 Å². The molecule has 0 unspecified atom stereocenters. The Morgan fingerprint density at radius 2 is 2.32 bits per heavy atom. The van der Waals surface area contributed by atoms with Crippen molar-refractivity contribution >= 4 is 7.82 Å². The highest BCUT2D eigenvalue weighted by atomic mass is 31.2. The van der Waals surface area contributed by atoms with Crippen molar-refractivity contribution in [3.63, 3.8) is 0 Å². The lowest BCUT2D eigenvalue weighted by Gasteiger charge is -2.16. The van der Waals surface area contributed by atoms with Crippen molar-refractivity contribution in [2.24, 2.45) is 5.11 Å². The number of nitrogens with one attached hydrogen (secondary N) is 1. The average Bonchev–Trinajstić information content (AvgIpc) is 2.79. The second kappa shape index (κ2) is 6.44. The molecule has 12 nitrogen and oxygen atoms in total. The Morgan fingerprint density at radius 1 is 1.59 bits per heavy atom. The van der Waals surface area contributed by atoms with Gasteiger partial charge in [0.15, 0.2) is 0 Å². The van der Waals surface area contributed by atoms with Crippen LogP contribution in [0.1, 0.15) is 12.6 Å². The Balaban J connectivity index is 2.19. The van der Waals surface area contributed by atoms with Crippen molar-refractivity contribution in [2.75, 3.05) is 6.61 Å². The van der Waals surface area contributed by atoms with E-state index >= 15 is 0 Å². The summed E-state index contributed by atoms with van der Waals surface area (Å²) in [5.74, 6) is 0. The first-order valence-electron chi connectivity index (χ1n) is 6.01. The predicted molar refractivity (Wildman–Crippen MR) is 70.8 cm³/mol. The van der Waals surface area contributed by atoms with E-state index in [4.69, 9.17) is 20.1 Å². The Bertz CT molecular complexity index is 747. The van der Waals surface area contributed by atoms with Crippen molar-refractivity contribution in [3.8, 4) is 0 Å². The third kappa shape index (κ3) is 4.04. The number of rotatable bonds is 5. The van der Waals surface area contributed by atoms with Gasteiger partial charge < -0.3 is 14.5 Å². The Kier molecular flexibility index (Phi) is 4.81. The van der Waals surface area contributed by atoms with Crippen LogP contribution in [0.5, 0.6) is 0 Å². The van der Waals surface area contributed by atoms with Crippen molar-refractivity contribution in [1.29, 1.82) is 0 Å². The molecule has 3 atom stereocenters. The van der Waals surface area contributed by atoms with E-state index in [2.05, 4.69) is 14.5 Å². The van der Waals surface area contributed by atoms with Gasteiger partial charge in [-0.15, -0.1) is 0 Å². The number of aromatic amines is 1. The van der Waals surface area contributed by atoms with Gasteiger partial charge in [0.2, 0.25) is 0 Å². The topological polar surface area (TPSA) is 180 Å². The van der Waals surface area contributed by atoms with Gasteiger partial charge in [-0.3, -0.25) is 18.9 Å². The summed E-state index contributed by atoms with van der Waals surface area (Å²) in [4.78, 5) is 44.7. The molecule has 0 bridgehead atoms. The first-order valence-corrected chi connectivity index (χ1v) is 7.54. The van der Waals surface area contributed by atoms with Crippen LogP contribution in [-0.2, 0) is 13.8 Å². The van der Waals surface area contributed by atoms with Crippen molar-refractivity contribution in [2.45, 2.75) is 24.8 Å². The molecule has 13 heteroatoms. The van der Waals surface area contributed by atoms with Gasteiger partial charge in [-0.05, 0) is 5.53 Å². The average molecular weight is 333 g/mol. The molecule has 1 aliphatic rings. The lowest BCUT2D eigenvalue weighted by Crippen LogP contribution is -2.31. The maximum absolute atomic E-state index is 11.7. The van der Waals surface area contributed by atoms with Crippen LogP contribution in [0, 0.1) is 0 Å². The molecule has 0 saturated carbocycles. The highest BCUT2D eigenvalue weighted by Gasteiger charge is 2.37. The first kappa shape index (κ1) is 16.4. The second-order valence-electron chi connectivity index (χ2n) is 4.44. The molecule has 3 N–H and O–H groups in total. The monoisotopic (exact) mass is 333 g/mol. The highest BCUT2D eigenvalue weighted by molar-refractivity contribution is 7.46. The molecule has 0 aliphatic carbocycles. The first-order chi connectivity index (χ1) is 10.3. The quantitative estimate of drug-likeness (QED) is 0.284. The van der Waals surface area contributed by atoms with Crippen molar-refractivity contribution < 1.29 is 23.6 Å². The number of hydrogen-bond acceptors (Lipinski definition) is 6. The minimum atomic E-state index is -4.70. The van der Waals surface area contributed by atoms with E-state index in [9.17, 15) is 14.2 Å². The fraction of sp³-hybridized carbons (Fsp3) is 0.556. The van der Waals surface area contributed by atoms with Gasteiger partial charge in [-0.25, -0.2) is 9.36 Å². The summed E-state index contributed by atoms with van der Waals surface area (Å²) in [6.45, 7) is -0.511. The molecule has 1 aromatic rings. The molecule has 1 aliphatic heterocycles. The number of nitrogens with zero attached hydrogens (tertiary/aromatic N) is 4. The second-order valence-corrected chi connectivity index (χ2v) is 5.68. The largest absolute Gasteiger partial charge is 0.469 e. The maximum atomic E-state index is 11.7. The van der Waals surface area contributed by atoms with Gasteiger partial charge in [0.1, 0.15) is 6.23 Å². The summed E-state index contributed by atoms with van der Waals surface area (Å²) in [5, 5.41) is 3.46. The standard InChI is InChI=1S/C9H12N5O7P/c10-13-12-5-3-8(14-2-1-7(15)11-9(14)16)21-6(5)4-20-22(17,18)19/h1-2,5-6,8H,3-4H2,(H,11,15,16)(H2,17,18,19)/t5-,6+,8+/m0/s1. The van der Waals surface area contributed by atoms with Gasteiger partial charge in [0, 0.05) is 23.6 Å². The molecular formula is C9H12N5O7P. The lowest BCUT2D eigenvalue weighted by molar-refractivity contribution is -0.0267. The van der Waals surface area contributed by atoms with Gasteiger partial charge in [-0.1, -0.05) is 5.11 Å². The number of ether oxygens (including phenoxy) is 1. The SMILES string of the molecule is [N-]=[N+]=N[C@H]1C[C@H](n2ccc(=O)[nH]c2=O)O[C@@H]1COP(=O)(O)O. The molecule has 1 fully saturated rings. The van der Waals surface area contributed by atoms with Crippen molar-refractivity contribution in [3.05, 3.63) is 43.5 Å². The molecule has 0 amide bonds. The summed E-state index contributed by atoms with van der Waals surface area (Å²) in [6.07, 6.45) is -0.492. The molecule has 0 radical (unpaired) electrons. The summed E-state index contributed by atoms with van der Waals surface area (Å²) >= 11 is 0. The molecule has 0 spiro atoms. The summed E-state index contributed by atoms with van der Waals surface area (Å²) < 4.78 is 21.6. The molecule has 2 heterocycles. The molecule has 0 aromatic carbocycles. The van der Waals surface area contributed by atoms with Crippen molar-refractivity contribution in [1.82, 2.24) is 9.55 Å². The summed E-state index contributed by atoms with van der Waals surface area (Å²) in [7, 11) is -4.70. The van der Waals surface area contributed by atoms with Crippen LogP contribution in [0.25, 0.3) is 10.4 Å². The predicted octanol–water partition coefficient (Wildman–Crippen LogP) is -0.388. The number of phosphoric acid groups is 1. The Hall–Kier alpha value is -1.94. The minimum Gasteiger partial charge on any atom is -0.352 e. The third-order valence-corrected chi connectivity index (χ3v) is 3.46. The summed E-state index contributed by atoms with van der Waals surface area (Å²) in [6, 6.07) is 0.340. The van der Waals surface area contributed by atoms with Gasteiger partial charge in [-0.2, -0.15) is 0 Å². The third-order valence-electron chi connectivity index (χ3n) is 2.97. The van der Waals surface area contributed by atoms with E-state index in [1.54, 1.807) is 0 Å². The van der Waals surface area contributed by atoms with Crippen LogP contribution in [-0.4, -0.2) is 38.1 Å². The maximum Gasteiger partial charge on any atom is 0.469 e. The zero-order valence-corrected chi connectivity index (χ0v) is 11.9. The normalized spacial score (nSPS) is 24.9. The van der Waals surface area contributed by atoms with Gasteiger partial charge in [0.05, 0.1) is 18.8 Å². The lowest BCUT2D eigenvalue weighted by atomic mass is 10.1. The molecule has 1 saturated heterocycles. The van der Waals surface area contributed by atoms with Gasteiger partial charge in [0.25, 0.3) is 5.56 Å². The van der Waals surface area contributed by atoms with Crippen LogP contribution < -0.4 is 11.2 Å². The van der Waals surface area contributed by atoms with E-state index in [1.165, 1.54) is 6.20 Å².